The molecule has 0 spiro atoms. The van der Waals surface area contributed by atoms with Crippen LogP contribution in [0.5, 0.6) is 0 Å². The van der Waals surface area contributed by atoms with Crippen LogP contribution < -0.4 is 0 Å². The summed E-state index contributed by atoms with van der Waals surface area (Å²) in [6.45, 7) is 0.574. The normalized spacial score (nSPS) is 18.6. The molecule has 1 N–H and O–H groups in total. The molecule has 1 aromatic rings. The van der Waals surface area contributed by atoms with Gasteiger partial charge in [0.15, 0.2) is 0 Å². The second-order valence-electron chi connectivity index (χ2n) is 4.81. The van der Waals surface area contributed by atoms with Gasteiger partial charge in [-0.2, -0.15) is 0 Å². The number of hydrogen-bond acceptors (Lipinski definition) is 2. The molecule has 4 nitrogen and oxygen atoms in total. The first-order valence-electron chi connectivity index (χ1n) is 6.52. The third kappa shape index (κ3) is 3.66. The van der Waals surface area contributed by atoms with Crippen LogP contribution in [0.3, 0.4) is 0 Å². The van der Waals surface area contributed by atoms with E-state index >= 15 is 0 Å². The van der Waals surface area contributed by atoms with Crippen LogP contribution in [0.25, 0.3) is 6.08 Å². The second-order valence-corrected chi connectivity index (χ2v) is 4.81. The Bertz CT molecular complexity index is 542. The smallest absolute Gasteiger partial charge is 0.305 e. The predicted octanol–water partition coefficient (Wildman–Crippen LogP) is 2.30. The molecule has 0 saturated carbocycles. The van der Waals surface area contributed by atoms with Gasteiger partial charge in [0.2, 0.25) is 5.91 Å². The van der Waals surface area contributed by atoms with Crippen molar-refractivity contribution in [3.63, 3.8) is 0 Å². The van der Waals surface area contributed by atoms with Gasteiger partial charge in [-0.15, -0.1) is 0 Å². The average Bonchev–Trinajstić information content (AvgIpc) is 2.83. The van der Waals surface area contributed by atoms with E-state index < -0.39 is 5.97 Å². The Balaban J connectivity index is 2.02. The zero-order valence-electron chi connectivity index (χ0n) is 11.0. The van der Waals surface area contributed by atoms with Crippen LogP contribution in [-0.4, -0.2) is 34.5 Å². The fourth-order valence-corrected chi connectivity index (χ4v) is 2.41. The number of amides is 1. The number of nitrogens with zero attached hydrogens (tertiary/aromatic N) is 1. The summed E-state index contributed by atoms with van der Waals surface area (Å²) in [7, 11) is 0. The van der Waals surface area contributed by atoms with Gasteiger partial charge in [-0.1, -0.05) is 12.1 Å². The first-order valence-corrected chi connectivity index (χ1v) is 6.52. The Morgan fingerprint density at radius 1 is 1.45 bits per heavy atom. The number of hydrogen-bond donors (Lipinski definition) is 1. The van der Waals surface area contributed by atoms with Gasteiger partial charge in [-0.05, 0) is 36.6 Å². The van der Waals surface area contributed by atoms with E-state index in [0.29, 0.717) is 18.5 Å². The Labute approximate surface area is 116 Å². The minimum absolute atomic E-state index is 0.0282. The van der Waals surface area contributed by atoms with Gasteiger partial charge in [0.1, 0.15) is 5.82 Å². The molecule has 20 heavy (non-hydrogen) atoms. The fraction of sp³-hybridized carbons (Fsp3) is 0.333. The number of rotatable bonds is 4. The van der Waals surface area contributed by atoms with Crippen molar-refractivity contribution in [1.29, 1.82) is 0 Å². The molecule has 0 bridgehead atoms. The van der Waals surface area contributed by atoms with Crippen molar-refractivity contribution in [2.24, 2.45) is 0 Å². The van der Waals surface area contributed by atoms with Crippen molar-refractivity contribution >= 4 is 18.0 Å². The summed E-state index contributed by atoms with van der Waals surface area (Å²) in [4.78, 5) is 24.4. The van der Waals surface area contributed by atoms with E-state index in [0.717, 1.165) is 6.42 Å². The molecule has 106 valence electrons. The van der Waals surface area contributed by atoms with Crippen molar-refractivity contribution < 1.29 is 19.1 Å². The highest BCUT2D eigenvalue weighted by Crippen LogP contribution is 2.20. The van der Waals surface area contributed by atoms with Crippen molar-refractivity contribution in [2.45, 2.75) is 25.3 Å². The molecule has 1 heterocycles. The molecule has 1 amide bonds. The molecule has 1 fully saturated rings. The molecule has 0 aromatic heterocycles. The largest absolute Gasteiger partial charge is 0.481 e. The topological polar surface area (TPSA) is 57.6 Å². The van der Waals surface area contributed by atoms with Crippen LogP contribution >= 0.6 is 0 Å². The van der Waals surface area contributed by atoms with Gasteiger partial charge in [-0.3, -0.25) is 9.59 Å². The number of carboxylic acids is 1. The number of carboxylic acid groups (broad SMARTS) is 1. The molecule has 1 atom stereocenters. The maximum Gasteiger partial charge on any atom is 0.305 e. The van der Waals surface area contributed by atoms with E-state index in [4.69, 9.17) is 5.11 Å². The molecule has 1 aromatic carbocycles. The number of halogens is 1. The van der Waals surface area contributed by atoms with E-state index in [9.17, 15) is 14.0 Å². The average molecular weight is 277 g/mol. The van der Waals surface area contributed by atoms with E-state index in [1.807, 2.05) is 0 Å². The molecule has 1 aliphatic rings. The quantitative estimate of drug-likeness (QED) is 0.859. The van der Waals surface area contributed by atoms with Crippen LogP contribution in [0.4, 0.5) is 4.39 Å². The lowest BCUT2D eigenvalue weighted by atomic mass is 10.1. The maximum atomic E-state index is 13.0. The molecule has 5 heteroatoms. The molecule has 2 rings (SSSR count). The Kier molecular flexibility index (Phi) is 4.50. The van der Waals surface area contributed by atoms with Crippen molar-refractivity contribution in [3.8, 4) is 0 Å². The lowest BCUT2D eigenvalue weighted by molar-refractivity contribution is -0.139. The van der Waals surface area contributed by atoms with Crippen molar-refractivity contribution in [3.05, 3.63) is 41.7 Å². The van der Waals surface area contributed by atoms with E-state index in [1.54, 1.807) is 23.1 Å². The molecule has 1 saturated heterocycles. The van der Waals surface area contributed by atoms with Crippen molar-refractivity contribution in [2.75, 3.05) is 6.54 Å². The van der Waals surface area contributed by atoms with Crippen LogP contribution in [0.15, 0.2) is 30.3 Å². The molecular formula is C15H16FNO3. The van der Waals surface area contributed by atoms with Gasteiger partial charge < -0.3 is 10.0 Å². The molecular weight excluding hydrogens is 261 g/mol. The maximum absolute atomic E-state index is 13.0. The highest BCUT2D eigenvalue weighted by Gasteiger charge is 2.28. The summed E-state index contributed by atoms with van der Waals surface area (Å²) in [5, 5.41) is 8.81. The predicted molar refractivity (Wildman–Crippen MR) is 72.4 cm³/mol. The van der Waals surface area contributed by atoms with Crippen molar-refractivity contribution in [1.82, 2.24) is 4.90 Å². The van der Waals surface area contributed by atoms with Crippen LogP contribution in [0.2, 0.25) is 0 Å². The van der Waals surface area contributed by atoms with Gasteiger partial charge in [0.05, 0.1) is 6.42 Å². The summed E-state index contributed by atoms with van der Waals surface area (Å²) in [6.07, 6.45) is 4.42. The number of likely N-dealkylation sites (tertiary alicyclic amines) is 1. The summed E-state index contributed by atoms with van der Waals surface area (Å²) in [5.41, 5.74) is 0.604. The lowest BCUT2D eigenvalue weighted by Crippen LogP contribution is -2.35. The first kappa shape index (κ1) is 14.2. The summed E-state index contributed by atoms with van der Waals surface area (Å²) in [5.74, 6) is -1.48. The monoisotopic (exact) mass is 277 g/mol. The number of carbonyl (C=O) groups excluding carboxylic acids is 1. The van der Waals surface area contributed by atoms with Gasteiger partial charge in [0.25, 0.3) is 0 Å². The number of benzene rings is 1. The van der Waals surface area contributed by atoms with Crippen LogP contribution in [-0.2, 0) is 9.59 Å². The van der Waals surface area contributed by atoms with Gasteiger partial charge in [0, 0.05) is 18.7 Å². The Morgan fingerprint density at radius 3 is 2.95 bits per heavy atom. The highest BCUT2D eigenvalue weighted by molar-refractivity contribution is 5.92. The summed E-state index contributed by atoms with van der Waals surface area (Å²) >= 11 is 0. The number of aliphatic carboxylic acids is 1. The van der Waals surface area contributed by atoms with Crippen LogP contribution in [0, 0.1) is 5.82 Å². The Morgan fingerprint density at radius 2 is 2.25 bits per heavy atom. The van der Waals surface area contributed by atoms with E-state index in [2.05, 4.69) is 0 Å². The third-order valence-electron chi connectivity index (χ3n) is 3.34. The molecule has 0 aliphatic carbocycles. The summed E-state index contributed by atoms with van der Waals surface area (Å²) in [6, 6.07) is 5.70. The molecule has 0 radical (unpaired) electrons. The fourth-order valence-electron chi connectivity index (χ4n) is 2.41. The highest BCUT2D eigenvalue weighted by atomic mass is 19.1. The Hall–Kier alpha value is -2.17. The minimum Gasteiger partial charge on any atom is -0.481 e. The summed E-state index contributed by atoms with van der Waals surface area (Å²) < 4.78 is 13.0. The number of carbonyl (C=O) groups is 2. The van der Waals surface area contributed by atoms with Crippen LogP contribution in [0.1, 0.15) is 24.8 Å². The molecule has 1 unspecified atom stereocenters. The SMILES string of the molecule is O=C(O)CC1CCCN1C(=O)C=Cc1cccc(F)c1. The standard InChI is InChI=1S/C15H16FNO3/c16-12-4-1-3-11(9-12)6-7-14(18)17-8-2-5-13(17)10-15(19)20/h1,3-4,6-7,9,13H,2,5,8,10H2,(H,19,20). The second kappa shape index (κ2) is 6.32. The van der Waals surface area contributed by atoms with E-state index in [-0.39, 0.29) is 24.2 Å². The first-order chi connectivity index (χ1) is 9.56. The van der Waals surface area contributed by atoms with E-state index in [1.165, 1.54) is 18.2 Å². The molecule has 1 aliphatic heterocycles. The van der Waals surface area contributed by atoms with Gasteiger partial charge in [-0.25, -0.2) is 4.39 Å². The minimum atomic E-state index is -0.899. The third-order valence-corrected chi connectivity index (χ3v) is 3.34. The van der Waals surface area contributed by atoms with Gasteiger partial charge >= 0.3 is 5.97 Å². The zero-order valence-corrected chi connectivity index (χ0v) is 11.0. The zero-order chi connectivity index (χ0) is 14.5. The lowest BCUT2D eigenvalue weighted by Gasteiger charge is -2.21.